The maximum Gasteiger partial charge on any atom is 0.238 e. The van der Waals surface area contributed by atoms with Gasteiger partial charge in [0.1, 0.15) is 0 Å². The minimum atomic E-state index is -0.119. The smallest absolute Gasteiger partial charge is 0.238 e. The Balaban J connectivity index is 1.74. The zero-order valence-corrected chi connectivity index (χ0v) is 11.7. The number of fused-ring (bicyclic) bond motifs is 5. The second-order valence-electron chi connectivity index (χ2n) is 5.49. The number of hydrogen-bond acceptors (Lipinski definition) is 2. The van der Waals surface area contributed by atoms with E-state index in [4.69, 9.17) is 0 Å². The SMILES string of the molecule is O=C1[C@@H]2[C@H](C(=O)N1c1ccc(Br)cc1)[C@H]1C=C[C@H]2C1. The van der Waals surface area contributed by atoms with Crippen molar-refractivity contribution in [3.63, 3.8) is 0 Å². The summed E-state index contributed by atoms with van der Waals surface area (Å²) < 4.78 is 0.942. The van der Waals surface area contributed by atoms with Crippen molar-refractivity contribution >= 4 is 33.4 Å². The van der Waals surface area contributed by atoms with E-state index in [1.54, 1.807) is 0 Å². The van der Waals surface area contributed by atoms with Crippen molar-refractivity contribution in [2.45, 2.75) is 6.42 Å². The molecular weight excluding hydrogens is 306 g/mol. The number of carbonyl (C=O) groups is 2. The fraction of sp³-hybridized carbons (Fsp3) is 0.333. The third-order valence-corrected chi connectivity index (χ3v) is 5.08. The molecule has 1 aromatic carbocycles. The van der Waals surface area contributed by atoms with Crippen molar-refractivity contribution in [1.29, 1.82) is 0 Å². The number of carbonyl (C=O) groups excluding carboxylic acids is 2. The molecule has 1 saturated heterocycles. The summed E-state index contributed by atoms with van der Waals surface area (Å²) in [6, 6.07) is 7.35. The van der Waals surface area contributed by atoms with Gasteiger partial charge in [-0.2, -0.15) is 0 Å². The summed E-state index contributed by atoms with van der Waals surface area (Å²) >= 11 is 3.36. The summed E-state index contributed by atoms with van der Waals surface area (Å²) in [5.41, 5.74) is 0.687. The molecule has 19 heavy (non-hydrogen) atoms. The van der Waals surface area contributed by atoms with E-state index in [0.717, 1.165) is 10.9 Å². The van der Waals surface area contributed by atoms with Crippen molar-refractivity contribution in [2.75, 3.05) is 4.90 Å². The molecule has 0 unspecified atom stereocenters. The van der Waals surface area contributed by atoms with Crippen LogP contribution in [0.5, 0.6) is 0 Å². The Hall–Kier alpha value is -1.42. The first-order valence-electron chi connectivity index (χ1n) is 6.48. The van der Waals surface area contributed by atoms with Gasteiger partial charge in [0.2, 0.25) is 11.8 Å². The second kappa shape index (κ2) is 3.79. The second-order valence-corrected chi connectivity index (χ2v) is 6.40. The molecule has 96 valence electrons. The maximum atomic E-state index is 12.5. The highest BCUT2D eigenvalue weighted by Gasteiger charge is 2.59. The predicted octanol–water partition coefficient (Wildman–Crippen LogP) is 2.76. The third-order valence-electron chi connectivity index (χ3n) is 4.56. The van der Waals surface area contributed by atoms with Crippen LogP contribution in [0.15, 0.2) is 40.9 Å². The Kier molecular flexibility index (Phi) is 2.28. The van der Waals surface area contributed by atoms with E-state index in [2.05, 4.69) is 28.1 Å². The Morgan fingerprint density at radius 3 is 2.00 bits per heavy atom. The van der Waals surface area contributed by atoms with Crippen LogP contribution in [-0.2, 0) is 9.59 Å². The van der Waals surface area contributed by atoms with Crippen LogP contribution in [0.1, 0.15) is 6.42 Å². The number of amides is 2. The first-order chi connectivity index (χ1) is 9.16. The highest BCUT2D eigenvalue weighted by molar-refractivity contribution is 9.10. The lowest BCUT2D eigenvalue weighted by molar-refractivity contribution is -0.123. The molecule has 2 aliphatic carbocycles. The molecule has 4 heteroatoms. The molecule has 1 heterocycles. The van der Waals surface area contributed by atoms with Gasteiger partial charge in [0.15, 0.2) is 0 Å². The lowest BCUT2D eigenvalue weighted by Gasteiger charge is -2.17. The van der Waals surface area contributed by atoms with E-state index in [1.807, 2.05) is 24.3 Å². The summed E-state index contributed by atoms with van der Waals surface area (Å²) in [6.45, 7) is 0. The number of anilines is 1. The van der Waals surface area contributed by atoms with Crippen molar-refractivity contribution in [1.82, 2.24) is 0 Å². The number of halogens is 1. The van der Waals surface area contributed by atoms with Crippen LogP contribution in [-0.4, -0.2) is 11.8 Å². The van der Waals surface area contributed by atoms with Crippen LogP contribution in [0.4, 0.5) is 5.69 Å². The number of hydrogen-bond donors (Lipinski definition) is 0. The maximum absolute atomic E-state index is 12.5. The fourth-order valence-corrected chi connectivity index (χ4v) is 4.01. The zero-order chi connectivity index (χ0) is 13.1. The molecule has 2 amide bonds. The Morgan fingerprint density at radius 2 is 1.47 bits per heavy atom. The molecule has 2 bridgehead atoms. The van der Waals surface area contributed by atoms with E-state index in [1.165, 1.54) is 4.90 Å². The molecule has 2 fully saturated rings. The lowest BCUT2D eigenvalue weighted by Crippen LogP contribution is -2.32. The van der Waals surface area contributed by atoms with Crippen LogP contribution < -0.4 is 4.90 Å². The molecule has 1 saturated carbocycles. The van der Waals surface area contributed by atoms with Crippen LogP contribution in [0.2, 0.25) is 0 Å². The van der Waals surface area contributed by atoms with Crippen molar-refractivity contribution < 1.29 is 9.59 Å². The highest BCUT2D eigenvalue weighted by atomic mass is 79.9. The summed E-state index contributed by atoms with van der Waals surface area (Å²) in [5, 5.41) is 0. The molecule has 1 aliphatic heterocycles. The van der Waals surface area contributed by atoms with Gasteiger partial charge in [-0.25, -0.2) is 0 Å². The number of imide groups is 1. The lowest BCUT2D eigenvalue weighted by atomic mass is 9.85. The molecule has 0 radical (unpaired) electrons. The monoisotopic (exact) mass is 317 g/mol. The molecule has 4 atom stereocenters. The normalized spacial score (nSPS) is 35.3. The van der Waals surface area contributed by atoms with E-state index >= 15 is 0 Å². The Labute approximate surface area is 119 Å². The van der Waals surface area contributed by atoms with Crippen LogP contribution in [0, 0.1) is 23.7 Å². The summed E-state index contributed by atoms with van der Waals surface area (Å²) in [4.78, 5) is 26.4. The topological polar surface area (TPSA) is 37.4 Å². The minimum absolute atomic E-state index is 0.0193. The number of allylic oxidation sites excluding steroid dienone is 2. The fourth-order valence-electron chi connectivity index (χ4n) is 3.75. The number of nitrogens with zero attached hydrogens (tertiary/aromatic N) is 1. The molecule has 0 spiro atoms. The minimum Gasteiger partial charge on any atom is -0.274 e. The van der Waals surface area contributed by atoms with E-state index in [9.17, 15) is 9.59 Å². The van der Waals surface area contributed by atoms with E-state index in [-0.39, 0.29) is 35.5 Å². The number of benzene rings is 1. The van der Waals surface area contributed by atoms with Gasteiger partial charge in [-0.1, -0.05) is 28.1 Å². The van der Waals surface area contributed by atoms with Gasteiger partial charge in [-0.3, -0.25) is 14.5 Å². The van der Waals surface area contributed by atoms with Crippen LogP contribution in [0.25, 0.3) is 0 Å². The molecule has 3 nitrogen and oxygen atoms in total. The third kappa shape index (κ3) is 1.43. The molecule has 0 N–H and O–H groups in total. The molecule has 4 rings (SSSR count). The first kappa shape index (κ1) is 11.4. The van der Waals surface area contributed by atoms with E-state index < -0.39 is 0 Å². The van der Waals surface area contributed by atoms with Gasteiger partial charge in [0.25, 0.3) is 0 Å². The first-order valence-corrected chi connectivity index (χ1v) is 7.28. The van der Waals surface area contributed by atoms with Crippen molar-refractivity contribution in [2.24, 2.45) is 23.7 Å². The van der Waals surface area contributed by atoms with Crippen LogP contribution in [0.3, 0.4) is 0 Å². The van der Waals surface area contributed by atoms with Crippen molar-refractivity contribution in [3.05, 3.63) is 40.9 Å². The molecule has 3 aliphatic rings. The summed E-state index contributed by atoms with van der Waals surface area (Å²) in [7, 11) is 0. The summed E-state index contributed by atoms with van der Waals surface area (Å²) in [6.07, 6.45) is 5.20. The van der Waals surface area contributed by atoms with Crippen LogP contribution >= 0.6 is 15.9 Å². The van der Waals surface area contributed by atoms with Gasteiger partial charge in [0.05, 0.1) is 17.5 Å². The van der Waals surface area contributed by atoms with E-state index in [0.29, 0.717) is 5.69 Å². The van der Waals surface area contributed by atoms with Gasteiger partial charge < -0.3 is 0 Å². The summed E-state index contributed by atoms with van der Waals surface area (Å²) in [5.74, 6) is 0.263. The average Bonchev–Trinajstić information content (AvgIpc) is 3.06. The standard InChI is InChI=1S/C15H12BrNO2/c16-10-3-5-11(6-4-10)17-14(18)12-8-1-2-9(7-8)13(12)15(17)19/h1-6,8-9,12-13H,7H2/t8-,9-,12-,13+/m0/s1. The van der Waals surface area contributed by atoms with Gasteiger partial charge in [-0.05, 0) is 42.5 Å². The van der Waals surface area contributed by atoms with Gasteiger partial charge >= 0.3 is 0 Å². The Morgan fingerprint density at radius 1 is 0.947 bits per heavy atom. The zero-order valence-electron chi connectivity index (χ0n) is 10.1. The van der Waals surface area contributed by atoms with Gasteiger partial charge in [-0.15, -0.1) is 0 Å². The highest BCUT2D eigenvalue weighted by Crippen LogP contribution is 2.53. The van der Waals surface area contributed by atoms with Gasteiger partial charge in [0, 0.05) is 4.47 Å². The molecule has 1 aromatic rings. The quantitative estimate of drug-likeness (QED) is 0.590. The van der Waals surface area contributed by atoms with Crippen molar-refractivity contribution in [3.8, 4) is 0 Å². The number of rotatable bonds is 1. The molecular formula is C15H12BrNO2. The predicted molar refractivity (Wildman–Crippen MR) is 74.4 cm³/mol. The largest absolute Gasteiger partial charge is 0.274 e. The molecule has 0 aromatic heterocycles. The average molecular weight is 318 g/mol. The Bertz CT molecular complexity index is 577.